The Morgan fingerprint density at radius 2 is 1.63 bits per heavy atom. The molecule has 222 valence electrons. The number of carbonyl (C=O) groups is 1. The van der Waals surface area contributed by atoms with Gasteiger partial charge in [0, 0.05) is 46.3 Å². The number of nitrogens with one attached hydrogen (secondary N) is 1. The van der Waals surface area contributed by atoms with Gasteiger partial charge in [-0.2, -0.15) is 13.2 Å². The first kappa shape index (κ1) is 31.7. The van der Waals surface area contributed by atoms with E-state index in [2.05, 4.69) is 21.5 Å². The minimum absolute atomic E-state index is 0.0435. The Balaban J connectivity index is 1.46. The van der Waals surface area contributed by atoms with Crippen LogP contribution in [0.5, 0.6) is 5.88 Å². The Hall–Kier alpha value is -3.78. The third-order valence-electron chi connectivity index (χ3n) is 5.64. The van der Waals surface area contributed by atoms with Crippen molar-refractivity contribution in [2.24, 2.45) is 4.99 Å². The van der Waals surface area contributed by atoms with Crippen molar-refractivity contribution in [3.05, 3.63) is 60.1 Å². The van der Waals surface area contributed by atoms with Crippen molar-refractivity contribution in [3.8, 4) is 17.0 Å². The van der Waals surface area contributed by atoms with E-state index in [0.29, 0.717) is 24.3 Å². The van der Waals surface area contributed by atoms with Crippen LogP contribution in [-0.4, -0.2) is 86.7 Å². The van der Waals surface area contributed by atoms with Crippen molar-refractivity contribution >= 4 is 23.1 Å². The van der Waals surface area contributed by atoms with E-state index >= 15 is 0 Å². The quantitative estimate of drug-likeness (QED) is 0.165. The highest BCUT2D eigenvalue weighted by Crippen LogP contribution is 2.38. The zero-order valence-corrected chi connectivity index (χ0v) is 22.5. The van der Waals surface area contributed by atoms with Gasteiger partial charge >= 0.3 is 12.1 Å². The first-order valence-corrected chi connectivity index (χ1v) is 12.7. The van der Waals surface area contributed by atoms with Gasteiger partial charge in [0.05, 0.1) is 46.2 Å². The number of aromatic nitrogens is 2. The van der Waals surface area contributed by atoms with Crippen LogP contribution < -0.4 is 4.74 Å². The Bertz CT molecular complexity index is 1330. The molecule has 0 bridgehead atoms. The van der Waals surface area contributed by atoms with Gasteiger partial charge in [0.2, 0.25) is 5.88 Å². The molecule has 10 nitrogen and oxygen atoms in total. The van der Waals surface area contributed by atoms with Crippen molar-refractivity contribution in [1.29, 1.82) is 0 Å². The number of alkyl halides is 3. The normalized spacial score (nSPS) is 11.9. The summed E-state index contributed by atoms with van der Waals surface area (Å²) in [5.74, 6) is -1.57. The van der Waals surface area contributed by atoms with E-state index in [4.69, 9.17) is 28.8 Å². The molecular weight excluding hydrogens is 547 g/mol. The summed E-state index contributed by atoms with van der Waals surface area (Å²) in [6.07, 6.45) is -0.222. The van der Waals surface area contributed by atoms with Crippen LogP contribution in [0.3, 0.4) is 0 Å². The topological polar surface area (TPSA) is 124 Å². The summed E-state index contributed by atoms with van der Waals surface area (Å²) in [5.41, 5.74) is 2.40. The summed E-state index contributed by atoms with van der Waals surface area (Å²) in [5, 5.41) is 9.32. The number of halogens is 3. The van der Waals surface area contributed by atoms with Gasteiger partial charge in [0.15, 0.2) is 0 Å². The minimum atomic E-state index is -4.67. The molecule has 0 fully saturated rings. The van der Waals surface area contributed by atoms with Gasteiger partial charge in [-0.1, -0.05) is 18.7 Å². The van der Waals surface area contributed by atoms with Crippen LogP contribution in [0.25, 0.3) is 22.0 Å². The Morgan fingerprint density at radius 3 is 2.24 bits per heavy atom. The number of pyridine rings is 1. The fourth-order valence-electron chi connectivity index (χ4n) is 3.77. The second-order valence-electron chi connectivity index (χ2n) is 8.59. The molecule has 0 saturated carbocycles. The van der Waals surface area contributed by atoms with E-state index in [1.165, 1.54) is 12.4 Å². The summed E-state index contributed by atoms with van der Waals surface area (Å²) >= 11 is 0. The average Bonchev–Trinajstić information content (AvgIpc) is 3.25. The van der Waals surface area contributed by atoms with E-state index in [0.717, 1.165) is 28.2 Å². The lowest BCUT2D eigenvalue weighted by molar-refractivity contribution is -0.143. The number of H-pyrrole nitrogens is 1. The molecule has 2 heterocycles. The van der Waals surface area contributed by atoms with E-state index < -0.39 is 23.6 Å². The number of ether oxygens (including phenoxy) is 5. The number of aromatic amines is 1. The van der Waals surface area contributed by atoms with Crippen molar-refractivity contribution in [2.75, 3.05) is 59.5 Å². The van der Waals surface area contributed by atoms with Crippen LogP contribution in [0.2, 0.25) is 0 Å². The molecule has 0 radical (unpaired) electrons. The molecule has 0 amide bonds. The van der Waals surface area contributed by atoms with Crippen molar-refractivity contribution in [2.45, 2.75) is 13.1 Å². The fourth-order valence-corrected chi connectivity index (χ4v) is 3.77. The van der Waals surface area contributed by atoms with Gasteiger partial charge in [-0.05, 0) is 24.6 Å². The molecule has 1 aromatic carbocycles. The third kappa shape index (κ3) is 9.97. The number of benzene rings is 1. The molecule has 0 spiro atoms. The SMILES string of the molecule is C=CN=Cc1c(C)[nH]c2cc(-c3cnc(OCCOCCOCCOCCOCC(=O)O)c(C(F)(F)F)c3)ccc12. The van der Waals surface area contributed by atoms with E-state index in [9.17, 15) is 18.0 Å². The van der Waals surface area contributed by atoms with Crippen LogP contribution in [0, 0.1) is 6.92 Å². The van der Waals surface area contributed by atoms with E-state index in [1.54, 1.807) is 18.3 Å². The summed E-state index contributed by atoms with van der Waals surface area (Å²) < 4.78 is 67.5. The summed E-state index contributed by atoms with van der Waals surface area (Å²) in [4.78, 5) is 21.5. The summed E-state index contributed by atoms with van der Waals surface area (Å²) in [6, 6.07) is 6.35. The van der Waals surface area contributed by atoms with Crippen molar-refractivity contribution < 1.29 is 46.8 Å². The molecule has 2 aromatic heterocycles. The molecule has 0 atom stereocenters. The second kappa shape index (κ2) is 15.9. The number of hydrogen-bond acceptors (Lipinski definition) is 8. The summed E-state index contributed by atoms with van der Waals surface area (Å²) in [7, 11) is 0. The highest BCUT2D eigenvalue weighted by atomic mass is 19.4. The van der Waals surface area contributed by atoms with Crippen LogP contribution in [0.15, 0.2) is 48.2 Å². The second-order valence-corrected chi connectivity index (χ2v) is 8.59. The number of fused-ring (bicyclic) bond motifs is 1. The van der Waals surface area contributed by atoms with Gasteiger partial charge in [-0.3, -0.25) is 4.99 Å². The number of carboxylic acid groups (broad SMARTS) is 1. The van der Waals surface area contributed by atoms with E-state index in [1.807, 2.05) is 13.0 Å². The lowest BCUT2D eigenvalue weighted by Gasteiger charge is -2.14. The van der Waals surface area contributed by atoms with Crippen LogP contribution in [-0.2, 0) is 29.9 Å². The minimum Gasteiger partial charge on any atom is -0.480 e. The smallest absolute Gasteiger partial charge is 0.421 e. The number of aliphatic carboxylic acids is 1. The fraction of sp³-hybridized carbons (Fsp3) is 0.393. The number of hydrogen-bond donors (Lipinski definition) is 2. The summed E-state index contributed by atoms with van der Waals surface area (Å²) in [6.45, 7) is 6.47. The highest BCUT2D eigenvalue weighted by molar-refractivity contribution is 6.02. The predicted molar refractivity (Wildman–Crippen MR) is 145 cm³/mol. The molecule has 0 aliphatic carbocycles. The van der Waals surface area contributed by atoms with Gasteiger partial charge in [-0.15, -0.1) is 0 Å². The van der Waals surface area contributed by atoms with Crippen LogP contribution >= 0.6 is 0 Å². The molecule has 0 saturated heterocycles. The molecule has 0 aliphatic rings. The first-order valence-electron chi connectivity index (χ1n) is 12.7. The lowest BCUT2D eigenvalue weighted by atomic mass is 10.0. The third-order valence-corrected chi connectivity index (χ3v) is 5.64. The Labute approximate surface area is 234 Å². The maximum Gasteiger partial charge on any atom is 0.421 e. The number of rotatable bonds is 18. The molecular formula is C28H32F3N3O7. The lowest BCUT2D eigenvalue weighted by Crippen LogP contribution is -2.16. The van der Waals surface area contributed by atoms with Crippen LogP contribution in [0.4, 0.5) is 13.2 Å². The maximum atomic E-state index is 13.8. The van der Waals surface area contributed by atoms with Gasteiger partial charge in [0.25, 0.3) is 0 Å². The average molecular weight is 580 g/mol. The van der Waals surface area contributed by atoms with Crippen LogP contribution in [0.1, 0.15) is 16.8 Å². The van der Waals surface area contributed by atoms with Gasteiger partial charge in [-0.25, -0.2) is 9.78 Å². The number of nitrogens with zero attached hydrogens (tertiary/aromatic N) is 2. The molecule has 3 aromatic rings. The van der Waals surface area contributed by atoms with Crippen molar-refractivity contribution in [1.82, 2.24) is 9.97 Å². The Kier molecular flexibility index (Phi) is 12.3. The largest absolute Gasteiger partial charge is 0.480 e. The molecule has 0 unspecified atom stereocenters. The monoisotopic (exact) mass is 579 g/mol. The molecule has 41 heavy (non-hydrogen) atoms. The van der Waals surface area contributed by atoms with Crippen molar-refractivity contribution in [3.63, 3.8) is 0 Å². The standard InChI is InChI=1S/C28H32F3N3O7/c1-3-32-17-23-19(2)34-25-15-20(4-5-22(23)25)21-14-24(28(29,30)31)27(33-16-21)41-13-12-39-9-8-37-6-7-38-10-11-40-18-26(35)36/h3-5,14-17,34H,1,6-13,18H2,2H3,(H,35,36). The zero-order chi connectivity index (χ0) is 29.7. The number of aryl methyl sites for hydroxylation is 1. The molecule has 3 rings (SSSR count). The van der Waals surface area contributed by atoms with Gasteiger partial charge < -0.3 is 33.8 Å². The predicted octanol–water partition coefficient (Wildman–Crippen LogP) is 4.65. The number of aliphatic imine (C=N–C) groups is 1. The van der Waals surface area contributed by atoms with Gasteiger partial charge in [0.1, 0.15) is 18.8 Å². The van der Waals surface area contributed by atoms with E-state index in [-0.39, 0.29) is 46.2 Å². The Morgan fingerprint density at radius 1 is 1.00 bits per heavy atom. The maximum absolute atomic E-state index is 13.8. The zero-order valence-electron chi connectivity index (χ0n) is 22.5. The highest BCUT2D eigenvalue weighted by Gasteiger charge is 2.36. The molecule has 13 heteroatoms. The number of carboxylic acids is 1. The first-order chi connectivity index (χ1) is 19.7. The molecule has 2 N–H and O–H groups in total. The molecule has 0 aliphatic heterocycles.